The molecule has 1 saturated carbocycles. The van der Waals surface area contributed by atoms with E-state index < -0.39 is 0 Å². The van der Waals surface area contributed by atoms with E-state index in [1.54, 1.807) is 0 Å². The topological polar surface area (TPSA) is 55.6 Å². The summed E-state index contributed by atoms with van der Waals surface area (Å²) in [5.41, 5.74) is 1.04. The lowest BCUT2D eigenvalue weighted by Gasteiger charge is -2.08. The van der Waals surface area contributed by atoms with Crippen LogP contribution in [0.3, 0.4) is 0 Å². The van der Waals surface area contributed by atoms with Gasteiger partial charge in [0.1, 0.15) is 17.5 Å². The predicted octanol–water partition coefficient (Wildman–Crippen LogP) is 2.11. The Morgan fingerprint density at radius 2 is 2.21 bits per heavy atom. The highest BCUT2D eigenvalue weighted by atomic mass is 15.1. The SMILES string of the molecule is CCNc1cc(Cc2nccn2C)nc(C2CC2)n1. The van der Waals surface area contributed by atoms with Crippen molar-refractivity contribution in [3.8, 4) is 0 Å². The van der Waals surface area contributed by atoms with Gasteiger partial charge in [0.15, 0.2) is 0 Å². The lowest BCUT2D eigenvalue weighted by molar-refractivity contribution is 0.797. The number of hydrogen-bond donors (Lipinski definition) is 1. The van der Waals surface area contributed by atoms with E-state index in [1.165, 1.54) is 12.8 Å². The van der Waals surface area contributed by atoms with Gasteiger partial charge in [0.25, 0.3) is 0 Å². The third-order valence-electron chi connectivity index (χ3n) is 3.36. The minimum atomic E-state index is 0.568. The first-order chi connectivity index (χ1) is 9.26. The Kier molecular flexibility index (Phi) is 3.19. The monoisotopic (exact) mass is 257 g/mol. The van der Waals surface area contributed by atoms with Crippen LogP contribution in [0.15, 0.2) is 18.5 Å². The molecule has 2 aromatic rings. The van der Waals surface area contributed by atoms with Crippen LogP contribution in [0, 0.1) is 0 Å². The maximum Gasteiger partial charge on any atom is 0.134 e. The van der Waals surface area contributed by atoms with Crippen LogP contribution in [0.5, 0.6) is 0 Å². The molecule has 0 amide bonds. The molecular weight excluding hydrogens is 238 g/mol. The van der Waals surface area contributed by atoms with Crippen LogP contribution in [-0.4, -0.2) is 26.1 Å². The van der Waals surface area contributed by atoms with Gasteiger partial charge in [0.2, 0.25) is 0 Å². The maximum atomic E-state index is 4.69. The van der Waals surface area contributed by atoms with Crippen molar-refractivity contribution in [3.63, 3.8) is 0 Å². The van der Waals surface area contributed by atoms with E-state index in [2.05, 4.69) is 27.2 Å². The van der Waals surface area contributed by atoms with Crippen LogP contribution in [0.1, 0.15) is 43.0 Å². The van der Waals surface area contributed by atoms with Gasteiger partial charge in [-0.05, 0) is 19.8 Å². The maximum absolute atomic E-state index is 4.69. The quantitative estimate of drug-likeness (QED) is 0.891. The molecule has 5 heteroatoms. The fourth-order valence-corrected chi connectivity index (χ4v) is 2.13. The lowest BCUT2D eigenvalue weighted by Crippen LogP contribution is -2.07. The predicted molar refractivity (Wildman–Crippen MR) is 74.2 cm³/mol. The highest BCUT2D eigenvalue weighted by Gasteiger charge is 2.27. The van der Waals surface area contributed by atoms with Crippen molar-refractivity contribution < 1.29 is 0 Å². The highest BCUT2D eigenvalue weighted by Crippen LogP contribution is 2.38. The number of nitrogens with one attached hydrogen (secondary N) is 1. The molecule has 0 bridgehead atoms. The zero-order chi connectivity index (χ0) is 13.2. The first-order valence-corrected chi connectivity index (χ1v) is 6.84. The van der Waals surface area contributed by atoms with Gasteiger partial charge in [0, 0.05) is 44.4 Å². The largest absolute Gasteiger partial charge is 0.370 e. The van der Waals surface area contributed by atoms with Crippen LogP contribution in [0.25, 0.3) is 0 Å². The molecule has 0 radical (unpaired) electrons. The summed E-state index contributed by atoms with van der Waals surface area (Å²) in [6.45, 7) is 2.96. The summed E-state index contributed by atoms with van der Waals surface area (Å²) < 4.78 is 2.03. The summed E-state index contributed by atoms with van der Waals surface area (Å²) in [6, 6.07) is 2.03. The minimum absolute atomic E-state index is 0.568. The second-order valence-electron chi connectivity index (χ2n) is 5.04. The summed E-state index contributed by atoms with van der Waals surface area (Å²) in [7, 11) is 2.01. The van der Waals surface area contributed by atoms with E-state index in [1.807, 2.05) is 30.1 Å². The number of nitrogens with zero attached hydrogens (tertiary/aromatic N) is 4. The van der Waals surface area contributed by atoms with Gasteiger partial charge in [-0.2, -0.15) is 0 Å². The fourth-order valence-electron chi connectivity index (χ4n) is 2.13. The van der Waals surface area contributed by atoms with Gasteiger partial charge < -0.3 is 9.88 Å². The van der Waals surface area contributed by atoms with E-state index >= 15 is 0 Å². The number of rotatable bonds is 5. The third-order valence-corrected chi connectivity index (χ3v) is 3.36. The van der Waals surface area contributed by atoms with E-state index in [4.69, 9.17) is 0 Å². The molecule has 0 aromatic carbocycles. The van der Waals surface area contributed by atoms with Crippen molar-refractivity contribution in [2.45, 2.75) is 32.1 Å². The van der Waals surface area contributed by atoms with Crippen LogP contribution >= 0.6 is 0 Å². The van der Waals surface area contributed by atoms with Crippen LogP contribution in [-0.2, 0) is 13.5 Å². The van der Waals surface area contributed by atoms with Gasteiger partial charge in [-0.1, -0.05) is 0 Å². The molecule has 1 aliphatic carbocycles. The van der Waals surface area contributed by atoms with Crippen molar-refractivity contribution in [2.75, 3.05) is 11.9 Å². The van der Waals surface area contributed by atoms with Crippen molar-refractivity contribution in [1.29, 1.82) is 0 Å². The van der Waals surface area contributed by atoms with E-state index in [0.717, 1.165) is 36.1 Å². The van der Waals surface area contributed by atoms with Gasteiger partial charge in [-0.15, -0.1) is 0 Å². The van der Waals surface area contributed by atoms with Gasteiger partial charge in [0.05, 0.1) is 5.69 Å². The molecule has 0 saturated heterocycles. The molecular formula is C14H19N5. The Hall–Kier alpha value is -1.91. The molecule has 100 valence electrons. The zero-order valence-electron chi connectivity index (χ0n) is 11.4. The highest BCUT2D eigenvalue weighted by molar-refractivity contribution is 5.37. The summed E-state index contributed by atoms with van der Waals surface area (Å²) in [5.74, 6) is 3.52. The van der Waals surface area contributed by atoms with E-state index in [-0.39, 0.29) is 0 Å². The van der Waals surface area contributed by atoms with Gasteiger partial charge in [-0.25, -0.2) is 15.0 Å². The molecule has 19 heavy (non-hydrogen) atoms. The lowest BCUT2D eigenvalue weighted by atomic mass is 10.2. The van der Waals surface area contributed by atoms with Crippen molar-refractivity contribution >= 4 is 5.82 Å². The summed E-state index contributed by atoms with van der Waals surface area (Å²) in [4.78, 5) is 13.6. The first-order valence-electron chi connectivity index (χ1n) is 6.84. The summed E-state index contributed by atoms with van der Waals surface area (Å²) >= 11 is 0. The molecule has 0 atom stereocenters. The average molecular weight is 257 g/mol. The van der Waals surface area contributed by atoms with Gasteiger partial charge >= 0.3 is 0 Å². The Morgan fingerprint density at radius 1 is 1.37 bits per heavy atom. The molecule has 2 aromatic heterocycles. The van der Waals surface area contributed by atoms with Crippen molar-refractivity contribution in [2.24, 2.45) is 7.05 Å². The number of aromatic nitrogens is 4. The standard InChI is InChI=1S/C14H19N5/c1-3-15-12-8-11(9-13-16-6-7-19(13)2)17-14(18-12)10-4-5-10/h6-8,10H,3-5,9H2,1-2H3,(H,15,17,18). The Bertz CT molecular complexity index is 571. The number of imidazole rings is 1. The molecule has 3 rings (SSSR count). The molecule has 1 aliphatic rings. The second kappa shape index (κ2) is 4.99. The molecule has 1 fully saturated rings. The van der Waals surface area contributed by atoms with Crippen molar-refractivity contribution in [1.82, 2.24) is 19.5 Å². The summed E-state index contributed by atoms with van der Waals surface area (Å²) in [5, 5.41) is 3.29. The molecule has 0 aliphatic heterocycles. The smallest absolute Gasteiger partial charge is 0.134 e. The summed E-state index contributed by atoms with van der Waals surface area (Å²) in [6.07, 6.45) is 6.98. The van der Waals surface area contributed by atoms with Crippen LogP contribution in [0.4, 0.5) is 5.82 Å². The number of aryl methyl sites for hydroxylation is 1. The molecule has 0 spiro atoms. The number of hydrogen-bond acceptors (Lipinski definition) is 4. The Balaban J connectivity index is 1.88. The molecule has 5 nitrogen and oxygen atoms in total. The first kappa shape index (κ1) is 12.1. The van der Waals surface area contributed by atoms with Gasteiger partial charge in [-0.3, -0.25) is 0 Å². The van der Waals surface area contributed by atoms with Crippen LogP contribution in [0.2, 0.25) is 0 Å². The Morgan fingerprint density at radius 3 is 2.84 bits per heavy atom. The average Bonchev–Trinajstić information content (AvgIpc) is 3.16. The normalized spacial score (nSPS) is 14.6. The number of anilines is 1. The molecule has 1 N–H and O–H groups in total. The third kappa shape index (κ3) is 2.75. The van der Waals surface area contributed by atoms with Crippen LogP contribution < -0.4 is 5.32 Å². The fraction of sp³-hybridized carbons (Fsp3) is 0.500. The molecule has 0 unspecified atom stereocenters. The zero-order valence-corrected chi connectivity index (χ0v) is 11.4. The minimum Gasteiger partial charge on any atom is -0.370 e. The Labute approximate surface area is 113 Å². The second-order valence-corrected chi connectivity index (χ2v) is 5.04. The molecule has 2 heterocycles. The van der Waals surface area contributed by atoms with Crippen molar-refractivity contribution in [3.05, 3.63) is 35.8 Å². The van der Waals surface area contributed by atoms with E-state index in [9.17, 15) is 0 Å². The van der Waals surface area contributed by atoms with E-state index in [0.29, 0.717) is 5.92 Å².